The Hall–Kier alpha value is -4.87. The third-order valence-corrected chi connectivity index (χ3v) is 11.4. The number of aromatic nitrogens is 5. The number of piperazine rings is 1. The zero-order valence-corrected chi connectivity index (χ0v) is 29.4. The van der Waals surface area contributed by atoms with Gasteiger partial charge in [0.15, 0.2) is 11.4 Å². The highest BCUT2D eigenvalue weighted by molar-refractivity contribution is 5.94. The van der Waals surface area contributed by atoms with Gasteiger partial charge in [-0.15, -0.1) is 0 Å². The number of fused-ring (bicyclic) bond motifs is 1. The lowest BCUT2D eigenvalue weighted by Gasteiger charge is -2.38. The summed E-state index contributed by atoms with van der Waals surface area (Å²) < 4.78 is 17.3. The minimum atomic E-state index is -0.642. The summed E-state index contributed by atoms with van der Waals surface area (Å²) in [7, 11) is 0. The van der Waals surface area contributed by atoms with Gasteiger partial charge in [-0.25, -0.2) is 23.7 Å². The summed E-state index contributed by atoms with van der Waals surface area (Å²) in [5.74, 6) is -0.596. The molecule has 10 nitrogen and oxygen atoms in total. The van der Waals surface area contributed by atoms with Crippen molar-refractivity contribution in [2.24, 2.45) is 5.92 Å². The fourth-order valence-corrected chi connectivity index (χ4v) is 8.60. The second kappa shape index (κ2) is 15.0. The standard InChI is InChI=1S/C41H44FN7O3/c42-32-24-36-39(45-25-32)48(41(52)49(40(36)51)34-14-10-28(11-15-34)22-38(50)37-26-43-16-17-44-37)35-7-3-4-31(23-35)30-12-8-29(9-13-30)27-46-18-20-47(21-19-46)33-5-1-2-6-33/h3-4,7-9,12-13,16-17,23-26,28,33-34H,1-2,5-6,10-11,14-15,18-22,27H2. The first kappa shape index (κ1) is 34.2. The van der Waals surface area contributed by atoms with Crippen LogP contribution in [0.4, 0.5) is 4.39 Å². The lowest BCUT2D eigenvalue weighted by Crippen LogP contribution is -2.49. The molecule has 0 unspecified atom stereocenters. The molecule has 0 atom stereocenters. The normalized spacial score (nSPS) is 20.4. The molecule has 8 rings (SSSR count). The molecule has 0 N–H and O–H groups in total. The van der Waals surface area contributed by atoms with Crippen molar-refractivity contribution < 1.29 is 9.18 Å². The van der Waals surface area contributed by atoms with Crippen LogP contribution in [-0.2, 0) is 6.54 Å². The summed E-state index contributed by atoms with van der Waals surface area (Å²) in [5, 5.41) is 0.0541. The molecule has 0 radical (unpaired) electrons. The average Bonchev–Trinajstić information content (AvgIpc) is 3.72. The molecule has 0 bridgehead atoms. The van der Waals surface area contributed by atoms with Crippen LogP contribution in [-0.4, -0.2) is 71.9 Å². The smallest absolute Gasteiger partial charge is 0.298 e. The Balaban J connectivity index is 1.02. The highest BCUT2D eigenvalue weighted by atomic mass is 19.1. The average molecular weight is 702 g/mol. The molecule has 4 heterocycles. The third-order valence-electron chi connectivity index (χ3n) is 11.4. The number of benzene rings is 2. The summed E-state index contributed by atoms with van der Waals surface area (Å²) in [6.07, 6.45) is 13.8. The predicted molar refractivity (Wildman–Crippen MR) is 198 cm³/mol. The van der Waals surface area contributed by atoms with Crippen LogP contribution in [0.1, 0.15) is 79.9 Å². The number of carbonyl (C=O) groups excluding carboxylic acids is 1. The maximum Gasteiger partial charge on any atom is 0.337 e. The van der Waals surface area contributed by atoms with Gasteiger partial charge in [-0.2, -0.15) is 0 Å². The van der Waals surface area contributed by atoms with E-state index in [4.69, 9.17) is 0 Å². The van der Waals surface area contributed by atoms with E-state index in [1.54, 1.807) is 0 Å². The summed E-state index contributed by atoms with van der Waals surface area (Å²) in [5.41, 5.74) is 3.16. The van der Waals surface area contributed by atoms with Gasteiger partial charge in [0.05, 0.1) is 23.5 Å². The van der Waals surface area contributed by atoms with Gasteiger partial charge in [0.25, 0.3) is 5.56 Å². The highest BCUT2D eigenvalue weighted by Crippen LogP contribution is 2.34. The maximum atomic E-state index is 14.5. The molecule has 0 spiro atoms. The van der Waals surface area contributed by atoms with Crippen molar-refractivity contribution >= 4 is 16.8 Å². The fraction of sp³-hybridized carbons (Fsp3) is 0.415. The first-order valence-electron chi connectivity index (χ1n) is 18.7. The Morgan fingerprint density at radius 2 is 1.56 bits per heavy atom. The van der Waals surface area contributed by atoms with Gasteiger partial charge in [-0.3, -0.25) is 28.9 Å². The fourth-order valence-electron chi connectivity index (χ4n) is 8.60. The SMILES string of the molecule is O=C(CC1CCC(n2c(=O)c3cc(F)cnc3n(-c3cccc(-c4ccc(CN5CCN(C6CCCC6)CC5)cc4)c3)c2=O)CC1)c1cnccn1. The van der Waals surface area contributed by atoms with Crippen LogP contribution >= 0.6 is 0 Å². The first-order chi connectivity index (χ1) is 25.4. The minimum Gasteiger partial charge on any atom is -0.298 e. The number of carbonyl (C=O) groups is 1. The molecular formula is C41H44FN7O3. The number of hydrogen-bond acceptors (Lipinski definition) is 8. The minimum absolute atomic E-state index is 0.0541. The van der Waals surface area contributed by atoms with E-state index in [0.717, 1.165) is 56.1 Å². The quantitative estimate of drug-likeness (QED) is 0.167. The van der Waals surface area contributed by atoms with Crippen molar-refractivity contribution in [2.45, 2.75) is 76.4 Å². The van der Waals surface area contributed by atoms with E-state index >= 15 is 0 Å². The van der Waals surface area contributed by atoms with Crippen molar-refractivity contribution in [2.75, 3.05) is 26.2 Å². The molecule has 0 amide bonds. The van der Waals surface area contributed by atoms with Crippen molar-refractivity contribution in [3.05, 3.63) is 117 Å². The number of pyridine rings is 1. The highest BCUT2D eigenvalue weighted by Gasteiger charge is 2.29. The van der Waals surface area contributed by atoms with Crippen LogP contribution < -0.4 is 11.2 Å². The second-order valence-corrected chi connectivity index (χ2v) is 14.7. The van der Waals surface area contributed by atoms with E-state index in [1.165, 1.54) is 65.0 Å². The molecule has 268 valence electrons. The van der Waals surface area contributed by atoms with E-state index in [2.05, 4.69) is 49.0 Å². The summed E-state index contributed by atoms with van der Waals surface area (Å²) >= 11 is 0. The second-order valence-electron chi connectivity index (χ2n) is 14.7. The van der Waals surface area contributed by atoms with E-state index in [0.29, 0.717) is 43.5 Å². The molecule has 3 aliphatic rings. The molecule has 2 aromatic carbocycles. The number of nitrogens with zero attached hydrogens (tertiary/aromatic N) is 7. The van der Waals surface area contributed by atoms with Gasteiger partial charge in [0.1, 0.15) is 11.5 Å². The summed E-state index contributed by atoms with van der Waals surface area (Å²) in [4.78, 5) is 58.5. The number of rotatable bonds is 9. The third kappa shape index (κ3) is 7.12. The van der Waals surface area contributed by atoms with Crippen LogP contribution in [0.15, 0.2) is 89.0 Å². The van der Waals surface area contributed by atoms with Crippen LogP contribution in [0.2, 0.25) is 0 Å². The van der Waals surface area contributed by atoms with Gasteiger partial charge < -0.3 is 0 Å². The van der Waals surface area contributed by atoms with E-state index in [-0.39, 0.29) is 28.8 Å². The molecule has 2 saturated carbocycles. The summed E-state index contributed by atoms with van der Waals surface area (Å²) in [6.45, 7) is 5.39. The molecule has 1 aliphatic heterocycles. The predicted octanol–water partition coefficient (Wildman–Crippen LogP) is 6.21. The van der Waals surface area contributed by atoms with Crippen LogP contribution in [0, 0.1) is 11.7 Å². The van der Waals surface area contributed by atoms with Gasteiger partial charge >= 0.3 is 5.69 Å². The Kier molecular flexibility index (Phi) is 9.88. The van der Waals surface area contributed by atoms with Gasteiger partial charge in [-0.1, -0.05) is 49.2 Å². The van der Waals surface area contributed by atoms with Crippen LogP contribution in [0.3, 0.4) is 0 Å². The van der Waals surface area contributed by atoms with Crippen molar-refractivity contribution in [3.8, 4) is 16.8 Å². The molecule has 3 aromatic heterocycles. The maximum absolute atomic E-state index is 14.5. The molecular weight excluding hydrogens is 657 g/mol. The number of ketones is 1. The lowest BCUT2D eigenvalue weighted by molar-refractivity contribution is 0.0936. The molecule has 5 aromatic rings. The zero-order chi connectivity index (χ0) is 35.6. The van der Waals surface area contributed by atoms with Crippen LogP contribution in [0.25, 0.3) is 27.8 Å². The Morgan fingerprint density at radius 3 is 2.29 bits per heavy atom. The topological polar surface area (TPSA) is 106 Å². The van der Waals surface area contributed by atoms with E-state index in [9.17, 15) is 18.8 Å². The number of halogens is 1. The van der Waals surface area contributed by atoms with E-state index < -0.39 is 17.1 Å². The van der Waals surface area contributed by atoms with Gasteiger partial charge in [-0.05, 0) is 79.3 Å². The molecule has 1 saturated heterocycles. The van der Waals surface area contributed by atoms with Crippen molar-refractivity contribution in [3.63, 3.8) is 0 Å². The number of hydrogen-bond donors (Lipinski definition) is 0. The van der Waals surface area contributed by atoms with Gasteiger partial charge in [0.2, 0.25) is 0 Å². The van der Waals surface area contributed by atoms with Crippen molar-refractivity contribution in [1.82, 2.24) is 33.9 Å². The monoisotopic (exact) mass is 701 g/mol. The lowest BCUT2D eigenvalue weighted by atomic mass is 9.82. The van der Waals surface area contributed by atoms with Crippen molar-refractivity contribution in [1.29, 1.82) is 0 Å². The first-order valence-corrected chi connectivity index (χ1v) is 18.7. The van der Waals surface area contributed by atoms with E-state index in [1.807, 2.05) is 24.3 Å². The Bertz CT molecular complexity index is 2160. The summed E-state index contributed by atoms with van der Waals surface area (Å²) in [6, 6.07) is 17.8. The number of Topliss-reactive ketones (excluding diaryl/α,β-unsaturated/α-hetero) is 1. The zero-order valence-electron chi connectivity index (χ0n) is 29.4. The van der Waals surface area contributed by atoms with Crippen LogP contribution in [0.5, 0.6) is 0 Å². The molecule has 52 heavy (non-hydrogen) atoms. The largest absolute Gasteiger partial charge is 0.337 e. The molecule has 2 aliphatic carbocycles. The Morgan fingerprint density at radius 1 is 0.788 bits per heavy atom. The van der Waals surface area contributed by atoms with Gasteiger partial charge in [0, 0.05) is 63.6 Å². The molecule has 11 heteroatoms. The Labute approximate surface area is 302 Å². The molecule has 3 fully saturated rings.